The zero-order valence-electron chi connectivity index (χ0n) is 9.95. The molecule has 0 saturated carbocycles. The summed E-state index contributed by atoms with van der Waals surface area (Å²) in [6.07, 6.45) is 4.81. The van der Waals surface area contributed by atoms with E-state index in [9.17, 15) is 0 Å². The monoisotopic (exact) mass is 231 g/mol. The Bertz CT molecular complexity index is 144. The Morgan fingerprint density at radius 2 is 2.00 bits per heavy atom. The van der Waals surface area contributed by atoms with Crippen LogP contribution in [0.2, 0.25) is 0 Å². The lowest BCUT2D eigenvalue weighted by atomic mass is 9.97. The zero-order chi connectivity index (χ0) is 10.9. The van der Waals surface area contributed by atoms with Crippen LogP contribution in [0.1, 0.15) is 32.6 Å². The van der Waals surface area contributed by atoms with Crippen molar-refractivity contribution in [2.24, 2.45) is 5.92 Å². The maximum Gasteiger partial charge on any atom is 0.0433 e. The lowest BCUT2D eigenvalue weighted by Gasteiger charge is -2.26. The normalized spacial score (nSPS) is 20.4. The number of aliphatic hydroxyl groups is 1. The molecule has 0 bridgehead atoms. The predicted molar refractivity (Wildman–Crippen MR) is 68.5 cm³/mol. The SMILES string of the molecule is CC[C@H](CCO)CCCN1CCSCC1. The smallest absolute Gasteiger partial charge is 0.0433 e. The summed E-state index contributed by atoms with van der Waals surface area (Å²) in [7, 11) is 0. The van der Waals surface area contributed by atoms with Crippen LogP contribution in [0, 0.1) is 5.92 Å². The van der Waals surface area contributed by atoms with E-state index in [1.165, 1.54) is 50.4 Å². The van der Waals surface area contributed by atoms with Crippen LogP contribution in [0.25, 0.3) is 0 Å². The van der Waals surface area contributed by atoms with E-state index in [1.807, 2.05) is 0 Å². The van der Waals surface area contributed by atoms with Gasteiger partial charge in [-0.1, -0.05) is 13.3 Å². The molecule has 1 aliphatic rings. The molecule has 1 saturated heterocycles. The molecule has 0 spiro atoms. The number of rotatable bonds is 7. The van der Waals surface area contributed by atoms with E-state index in [1.54, 1.807) is 0 Å². The van der Waals surface area contributed by atoms with Gasteiger partial charge in [0.25, 0.3) is 0 Å². The molecule has 0 aromatic rings. The summed E-state index contributed by atoms with van der Waals surface area (Å²) in [6, 6.07) is 0. The molecule has 15 heavy (non-hydrogen) atoms. The van der Waals surface area contributed by atoms with E-state index in [2.05, 4.69) is 23.6 Å². The molecule has 1 heterocycles. The van der Waals surface area contributed by atoms with Crippen molar-refractivity contribution in [3.63, 3.8) is 0 Å². The third-order valence-corrected chi connectivity index (χ3v) is 4.25. The van der Waals surface area contributed by atoms with Crippen molar-refractivity contribution in [2.75, 3.05) is 37.7 Å². The van der Waals surface area contributed by atoms with E-state index in [-0.39, 0.29) is 0 Å². The lowest BCUT2D eigenvalue weighted by Crippen LogP contribution is -2.33. The van der Waals surface area contributed by atoms with Crippen LogP contribution < -0.4 is 0 Å². The lowest BCUT2D eigenvalue weighted by molar-refractivity contribution is 0.236. The summed E-state index contributed by atoms with van der Waals surface area (Å²) in [4.78, 5) is 2.59. The number of hydrogen-bond acceptors (Lipinski definition) is 3. The standard InChI is InChI=1S/C12H25NOS/c1-2-12(5-9-14)4-3-6-13-7-10-15-11-8-13/h12,14H,2-11H2,1H3/t12-/m0/s1. The van der Waals surface area contributed by atoms with Gasteiger partial charge in [0.05, 0.1) is 0 Å². The molecule has 0 amide bonds. The highest BCUT2D eigenvalue weighted by Crippen LogP contribution is 2.16. The van der Waals surface area contributed by atoms with E-state index < -0.39 is 0 Å². The molecule has 3 heteroatoms. The third kappa shape index (κ3) is 5.79. The van der Waals surface area contributed by atoms with Crippen molar-refractivity contribution in [3.8, 4) is 0 Å². The Labute approximate surface area is 98.4 Å². The number of hydrogen-bond donors (Lipinski definition) is 1. The Hall–Kier alpha value is 0.270. The van der Waals surface area contributed by atoms with Crippen LogP contribution in [-0.4, -0.2) is 47.8 Å². The minimum atomic E-state index is 0.360. The van der Waals surface area contributed by atoms with Gasteiger partial charge < -0.3 is 10.0 Å². The van der Waals surface area contributed by atoms with Crippen molar-refractivity contribution >= 4 is 11.8 Å². The van der Waals surface area contributed by atoms with Crippen LogP contribution in [0.15, 0.2) is 0 Å². The van der Waals surface area contributed by atoms with Gasteiger partial charge in [-0.3, -0.25) is 0 Å². The molecule has 1 N–H and O–H groups in total. The molecule has 2 nitrogen and oxygen atoms in total. The fourth-order valence-corrected chi connectivity index (χ4v) is 3.14. The average Bonchev–Trinajstić information content (AvgIpc) is 2.29. The molecule has 1 atom stereocenters. The Balaban J connectivity index is 2.03. The van der Waals surface area contributed by atoms with E-state index >= 15 is 0 Å². The van der Waals surface area contributed by atoms with Gasteiger partial charge in [0.1, 0.15) is 0 Å². The summed E-state index contributed by atoms with van der Waals surface area (Å²) in [5.74, 6) is 3.37. The molecule has 1 fully saturated rings. The van der Waals surface area contributed by atoms with Crippen LogP contribution in [-0.2, 0) is 0 Å². The van der Waals surface area contributed by atoms with Gasteiger partial charge in [0.2, 0.25) is 0 Å². The van der Waals surface area contributed by atoms with Gasteiger partial charge in [0, 0.05) is 31.2 Å². The van der Waals surface area contributed by atoms with Crippen molar-refractivity contribution in [3.05, 3.63) is 0 Å². The van der Waals surface area contributed by atoms with Crippen molar-refractivity contribution in [1.82, 2.24) is 4.90 Å². The molecule has 0 aliphatic carbocycles. The first-order valence-electron chi connectivity index (χ1n) is 6.27. The van der Waals surface area contributed by atoms with Crippen molar-refractivity contribution in [1.29, 1.82) is 0 Å². The first-order valence-corrected chi connectivity index (χ1v) is 7.43. The summed E-state index contributed by atoms with van der Waals surface area (Å²) in [5, 5.41) is 8.90. The topological polar surface area (TPSA) is 23.5 Å². The molecule has 0 aromatic heterocycles. The van der Waals surface area contributed by atoms with Crippen LogP contribution in [0.5, 0.6) is 0 Å². The molecule has 0 radical (unpaired) electrons. The first kappa shape index (κ1) is 13.3. The number of nitrogens with zero attached hydrogens (tertiary/aromatic N) is 1. The van der Waals surface area contributed by atoms with Crippen LogP contribution >= 0.6 is 11.8 Å². The minimum Gasteiger partial charge on any atom is -0.396 e. The highest BCUT2D eigenvalue weighted by atomic mass is 32.2. The van der Waals surface area contributed by atoms with Gasteiger partial charge in [-0.2, -0.15) is 11.8 Å². The van der Waals surface area contributed by atoms with E-state index in [4.69, 9.17) is 5.11 Å². The summed E-state index contributed by atoms with van der Waals surface area (Å²) in [6.45, 7) is 6.42. The number of thioether (sulfide) groups is 1. The van der Waals surface area contributed by atoms with Crippen molar-refractivity contribution < 1.29 is 5.11 Å². The fraction of sp³-hybridized carbons (Fsp3) is 1.00. The molecular weight excluding hydrogens is 206 g/mol. The van der Waals surface area contributed by atoms with E-state index in [0.29, 0.717) is 6.61 Å². The second-order valence-electron chi connectivity index (χ2n) is 4.38. The minimum absolute atomic E-state index is 0.360. The molecule has 0 aromatic carbocycles. The Morgan fingerprint density at radius 3 is 2.60 bits per heavy atom. The van der Waals surface area contributed by atoms with Gasteiger partial charge in [0.15, 0.2) is 0 Å². The molecule has 1 rings (SSSR count). The van der Waals surface area contributed by atoms with Gasteiger partial charge in [-0.15, -0.1) is 0 Å². The van der Waals surface area contributed by atoms with Crippen molar-refractivity contribution in [2.45, 2.75) is 32.6 Å². The van der Waals surface area contributed by atoms with E-state index in [0.717, 1.165) is 12.3 Å². The molecular formula is C12H25NOS. The second kappa shape index (κ2) is 8.43. The van der Waals surface area contributed by atoms with Crippen LogP contribution in [0.3, 0.4) is 0 Å². The van der Waals surface area contributed by atoms with Crippen LogP contribution in [0.4, 0.5) is 0 Å². The number of aliphatic hydroxyl groups excluding tert-OH is 1. The summed E-state index contributed by atoms with van der Waals surface area (Å²) >= 11 is 2.08. The quantitative estimate of drug-likeness (QED) is 0.727. The zero-order valence-corrected chi connectivity index (χ0v) is 10.8. The maximum atomic E-state index is 8.90. The fourth-order valence-electron chi connectivity index (χ4n) is 2.16. The second-order valence-corrected chi connectivity index (χ2v) is 5.61. The molecule has 90 valence electrons. The first-order chi connectivity index (χ1) is 7.36. The average molecular weight is 231 g/mol. The predicted octanol–water partition coefficient (Wildman–Crippen LogP) is 2.22. The third-order valence-electron chi connectivity index (χ3n) is 3.31. The highest BCUT2D eigenvalue weighted by molar-refractivity contribution is 7.99. The Morgan fingerprint density at radius 1 is 1.27 bits per heavy atom. The largest absolute Gasteiger partial charge is 0.396 e. The van der Waals surface area contributed by atoms with Gasteiger partial charge in [-0.05, 0) is 31.7 Å². The summed E-state index contributed by atoms with van der Waals surface area (Å²) < 4.78 is 0. The van der Waals surface area contributed by atoms with Gasteiger partial charge >= 0.3 is 0 Å². The maximum absolute atomic E-state index is 8.90. The molecule has 0 unspecified atom stereocenters. The van der Waals surface area contributed by atoms with Gasteiger partial charge in [-0.25, -0.2) is 0 Å². The molecule has 1 aliphatic heterocycles. The highest BCUT2D eigenvalue weighted by Gasteiger charge is 2.11. The summed E-state index contributed by atoms with van der Waals surface area (Å²) in [5.41, 5.74) is 0. The Kier molecular flexibility index (Phi) is 7.49.